The van der Waals surface area contributed by atoms with E-state index in [2.05, 4.69) is 26.3 Å². The zero-order valence-electron chi connectivity index (χ0n) is 28.9. The van der Waals surface area contributed by atoms with Gasteiger partial charge in [-0.2, -0.15) is 0 Å². The standard InChI is InChI=1S/C31H57N9O7/c1-8-18(6)24(39-26(42)21(11-9-13-35-31(33)34)37-25(41)20(32)15-16(2)3)29(45)40-14-10-12-22(40)27(43)38-23(17(4)5)28(44)36-19(7)30(46)47/h16-24H,8-15,32H2,1-7H3,(H,36,44)(H,37,41)(H,38,43)(H,39,42)(H,46,47)(H4,33,34,35)/t18-,19-,20-,21-,22-,23-,24-/m0/s1. The van der Waals surface area contributed by atoms with E-state index in [1.165, 1.54) is 11.8 Å². The Labute approximate surface area is 277 Å². The van der Waals surface area contributed by atoms with E-state index in [0.29, 0.717) is 32.1 Å². The third-order valence-corrected chi connectivity index (χ3v) is 8.23. The van der Waals surface area contributed by atoms with Crippen molar-refractivity contribution < 1.29 is 33.9 Å². The molecule has 0 aromatic heterocycles. The van der Waals surface area contributed by atoms with Gasteiger partial charge in [-0.05, 0) is 56.8 Å². The number of aliphatic carboxylic acids is 1. The number of aliphatic imine (C=N–C) groups is 1. The molecule has 11 N–H and O–H groups in total. The molecule has 1 saturated heterocycles. The number of nitrogens with one attached hydrogen (secondary N) is 4. The van der Waals surface area contributed by atoms with Gasteiger partial charge in [0.25, 0.3) is 0 Å². The lowest BCUT2D eigenvalue weighted by Crippen LogP contribution is -2.60. The number of hydrogen-bond donors (Lipinski definition) is 8. The summed E-state index contributed by atoms with van der Waals surface area (Å²) in [4.78, 5) is 83.4. The van der Waals surface area contributed by atoms with Gasteiger partial charge < -0.3 is 48.5 Å². The predicted molar refractivity (Wildman–Crippen MR) is 177 cm³/mol. The van der Waals surface area contributed by atoms with E-state index < -0.39 is 71.8 Å². The molecule has 1 rings (SSSR count). The van der Waals surface area contributed by atoms with Gasteiger partial charge in [-0.1, -0.05) is 48.0 Å². The lowest BCUT2D eigenvalue weighted by atomic mass is 9.96. The number of nitrogens with two attached hydrogens (primary N) is 3. The second kappa shape index (κ2) is 19.7. The number of nitrogens with zero attached hydrogens (tertiary/aromatic N) is 2. The summed E-state index contributed by atoms with van der Waals surface area (Å²) in [7, 11) is 0. The maximum atomic E-state index is 14.0. The number of carbonyl (C=O) groups excluding carboxylic acids is 5. The van der Waals surface area contributed by atoms with Crippen LogP contribution in [0.1, 0.15) is 87.0 Å². The van der Waals surface area contributed by atoms with Crippen molar-refractivity contribution in [3.63, 3.8) is 0 Å². The molecule has 47 heavy (non-hydrogen) atoms. The van der Waals surface area contributed by atoms with Crippen molar-refractivity contribution in [1.82, 2.24) is 26.2 Å². The van der Waals surface area contributed by atoms with Gasteiger partial charge >= 0.3 is 5.97 Å². The third-order valence-electron chi connectivity index (χ3n) is 8.23. The largest absolute Gasteiger partial charge is 0.480 e. The summed E-state index contributed by atoms with van der Waals surface area (Å²) in [6.45, 7) is 12.8. The minimum Gasteiger partial charge on any atom is -0.480 e. The fraction of sp³-hybridized carbons (Fsp3) is 0.774. The number of likely N-dealkylation sites (tertiary alicyclic amines) is 1. The van der Waals surface area contributed by atoms with Gasteiger partial charge in [0.1, 0.15) is 30.2 Å². The Morgan fingerprint density at radius 3 is 2.06 bits per heavy atom. The molecular formula is C31H57N9O7. The third kappa shape index (κ3) is 13.4. The van der Waals surface area contributed by atoms with Crippen molar-refractivity contribution in [2.24, 2.45) is 39.9 Å². The van der Waals surface area contributed by atoms with E-state index in [1.807, 2.05) is 27.7 Å². The predicted octanol–water partition coefficient (Wildman–Crippen LogP) is -0.850. The highest BCUT2D eigenvalue weighted by atomic mass is 16.4. The summed E-state index contributed by atoms with van der Waals surface area (Å²) in [5, 5.41) is 19.8. The van der Waals surface area contributed by atoms with Gasteiger partial charge in [0.2, 0.25) is 29.5 Å². The first-order valence-electron chi connectivity index (χ1n) is 16.5. The highest BCUT2D eigenvalue weighted by molar-refractivity contribution is 5.96. The molecule has 1 aliphatic heterocycles. The number of hydrogen-bond acceptors (Lipinski definition) is 8. The number of carboxylic acids is 1. The Morgan fingerprint density at radius 2 is 1.53 bits per heavy atom. The van der Waals surface area contributed by atoms with Crippen molar-refractivity contribution in [2.75, 3.05) is 13.1 Å². The summed E-state index contributed by atoms with van der Waals surface area (Å²) in [6, 6.07) is -5.95. The molecule has 0 aromatic rings. The average molecular weight is 668 g/mol. The van der Waals surface area contributed by atoms with E-state index in [0.717, 1.165) is 0 Å². The number of guanidine groups is 1. The monoisotopic (exact) mass is 667 g/mol. The average Bonchev–Trinajstić information content (AvgIpc) is 3.48. The Kier molecular flexibility index (Phi) is 17.2. The zero-order valence-corrected chi connectivity index (χ0v) is 28.9. The van der Waals surface area contributed by atoms with Crippen LogP contribution in [0.25, 0.3) is 0 Å². The van der Waals surface area contributed by atoms with Crippen LogP contribution in [0.5, 0.6) is 0 Å². The van der Waals surface area contributed by atoms with Crippen LogP contribution in [0.2, 0.25) is 0 Å². The van der Waals surface area contributed by atoms with E-state index in [1.54, 1.807) is 13.8 Å². The first-order valence-corrected chi connectivity index (χ1v) is 16.5. The van der Waals surface area contributed by atoms with Gasteiger partial charge in [-0.15, -0.1) is 0 Å². The van der Waals surface area contributed by atoms with Crippen LogP contribution < -0.4 is 38.5 Å². The number of amides is 5. The highest BCUT2D eigenvalue weighted by Crippen LogP contribution is 2.22. The summed E-state index contributed by atoms with van der Waals surface area (Å²) in [5.41, 5.74) is 16.9. The Morgan fingerprint density at radius 1 is 0.894 bits per heavy atom. The SMILES string of the molecule is CC[C@H](C)[C@H](NC(=O)[C@H](CCCN=C(N)N)NC(=O)[C@@H](N)CC(C)C)C(=O)N1CCC[C@H]1C(=O)N[C@H](C(=O)N[C@@H](C)C(=O)O)C(C)C. The van der Waals surface area contributed by atoms with Crippen molar-refractivity contribution >= 4 is 41.5 Å². The van der Waals surface area contributed by atoms with Crippen molar-refractivity contribution in [3.8, 4) is 0 Å². The summed E-state index contributed by atoms with van der Waals surface area (Å²) in [6.07, 6.45) is 2.35. The van der Waals surface area contributed by atoms with Crippen LogP contribution in [0.15, 0.2) is 4.99 Å². The fourth-order valence-corrected chi connectivity index (χ4v) is 5.23. The van der Waals surface area contributed by atoms with Gasteiger partial charge in [-0.3, -0.25) is 33.8 Å². The topological polar surface area (TPSA) is 264 Å². The molecule has 0 bridgehead atoms. The molecule has 1 fully saturated rings. The van der Waals surface area contributed by atoms with Crippen molar-refractivity contribution in [1.29, 1.82) is 0 Å². The highest BCUT2D eigenvalue weighted by Gasteiger charge is 2.41. The molecule has 1 heterocycles. The minimum absolute atomic E-state index is 0.101. The molecular weight excluding hydrogens is 610 g/mol. The van der Waals surface area contributed by atoms with E-state index in [-0.39, 0.29) is 43.2 Å². The van der Waals surface area contributed by atoms with E-state index >= 15 is 0 Å². The van der Waals surface area contributed by atoms with Crippen molar-refractivity contribution in [2.45, 2.75) is 123 Å². The maximum absolute atomic E-state index is 14.0. The van der Waals surface area contributed by atoms with Crippen LogP contribution in [0, 0.1) is 17.8 Å². The second-order valence-electron chi connectivity index (χ2n) is 13.1. The number of rotatable bonds is 19. The number of carboxylic acid groups (broad SMARTS) is 1. The van der Waals surface area contributed by atoms with Crippen LogP contribution in [-0.4, -0.2) is 101 Å². The lowest BCUT2D eigenvalue weighted by Gasteiger charge is -2.33. The van der Waals surface area contributed by atoms with Crippen molar-refractivity contribution in [3.05, 3.63) is 0 Å². The van der Waals surface area contributed by atoms with Gasteiger partial charge in [-0.25, -0.2) is 0 Å². The van der Waals surface area contributed by atoms with Gasteiger partial charge in [0.05, 0.1) is 6.04 Å². The fourth-order valence-electron chi connectivity index (χ4n) is 5.23. The molecule has 1 aliphatic rings. The second-order valence-corrected chi connectivity index (χ2v) is 13.1. The summed E-state index contributed by atoms with van der Waals surface area (Å²) in [5.74, 6) is -4.60. The number of carbonyl (C=O) groups is 6. The van der Waals surface area contributed by atoms with Gasteiger partial charge in [0, 0.05) is 13.1 Å². The molecule has 268 valence electrons. The van der Waals surface area contributed by atoms with Crippen LogP contribution >= 0.6 is 0 Å². The molecule has 7 atom stereocenters. The summed E-state index contributed by atoms with van der Waals surface area (Å²) < 4.78 is 0. The normalized spacial score (nSPS) is 18.3. The molecule has 16 heteroatoms. The molecule has 16 nitrogen and oxygen atoms in total. The molecule has 0 spiro atoms. The molecule has 0 aliphatic carbocycles. The smallest absolute Gasteiger partial charge is 0.325 e. The van der Waals surface area contributed by atoms with Crippen LogP contribution in [0.3, 0.4) is 0 Å². The molecule has 0 unspecified atom stereocenters. The van der Waals surface area contributed by atoms with Crippen LogP contribution in [0.4, 0.5) is 0 Å². The van der Waals surface area contributed by atoms with E-state index in [4.69, 9.17) is 17.2 Å². The molecule has 0 saturated carbocycles. The molecule has 5 amide bonds. The summed E-state index contributed by atoms with van der Waals surface area (Å²) >= 11 is 0. The Hall–Kier alpha value is -3.95. The quantitative estimate of drug-likeness (QED) is 0.0480. The molecule has 0 aromatic carbocycles. The van der Waals surface area contributed by atoms with Gasteiger partial charge in [0.15, 0.2) is 5.96 Å². The Bertz CT molecular complexity index is 1130. The van der Waals surface area contributed by atoms with E-state index in [9.17, 15) is 33.9 Å². The van der Waals surface area contributed by atoms with Crippen LogP contribution in [-0.2, 0) is 28.8 Å². The Balaban J connectivity index is 3.19. The lowest BCUT2D eigenvalue weighted by molar-refractivity contribution is -0.144. The first-order chi connectivity index (χ1) is 21.9. The first kappa shape index (κ1) is 41.1. The maximum Gasteiger partial charge on any atom is 0.325 e. The molecule has 0 radical (unpaired) electrons. The minimum atomic E-state index is -1.22. The zero-order chi connectivity index (χ0) is 36.0.